The van der Waals surface area contributed by atoms with Crippen molar-refractivity contribution in [1.29, 1.82) is 5.26 Å². The van der Waals surface area contributed by atoms with Crippen LogP contribution in [0.25, 0.3) is 12.2 Å². The van der Waals surface area contributed by atoms with Crippen LogP contribution >= 0.6 is 0 Å². The molecule has 168 valence electrons. The van der Waals surface area contributed by atoms with Crippen molar-refractivity contribution < 1.29 is 18.3 Å². The van der Waals surface area contributed by atoms with E-state index in [0.717, 1.165) is 11.1 Å². The van der Waals surface area contributed by atoms with E-state index < -0.39 is 0 Å². The maximum absolute atomic E-state index is 13.0. The van der Waals surface area contributed by atoms with Gasteiger partial charge in [0.15, 0.2) is 6.61 Å². The summed E-state index contributed by atoms with van der Waals surface area (Å²) in [7, 11) is 0. The number of hydrogen-bond donors (Lipinski definition) is 0. The first-order valence-electron chi connectivity index (χ1n) is 10.6. The van der Waals surface area contributed by atoms with E-state index >= 15 is 0 Å². The van der Waals surface area contributed by atoms with Gasteiger partial charge in [-0.1, -0.05) is 30.3 Å². The summed E-state index contributed by atoms with van der Waals surface area (Å²) in [5.74, 6) is 0.983. The Hall–Kier alpha value is -4.12. The average molecular weight is 446 g/mol. The second-order valence-corrected chi connectivity index (χ2v) is 7.62. The molecule has 2 aromatic carbocycles. The van der Waals surface area contributed by atoms with Gasteiger partial charge in [-0.15, -0.1) is 0 Å². The molecular formula is C25H23FN4O3. The average Bonchev–Trinajstić information content (AvgIpc) is 3.26. The Labute approximate surface area is 191 Å². The number of anilines is 1. The normalized spacial score (nSPS) is 13.8. The molecule has 3 aromatic rings. The van der Waals surface area contributed by atoms with Crippen LogP contribution in [0.15, 0.2) is 52.9 Å². The molecule has 0 atom stereocenters. The Morgan fingerprint density at radius 1 is 1.15 bits per heavy atom. The zero-order valence-electron chi connectivity index (χ0n) is 18.2. The van der Waals surface area contributed by atoms with Gasteiger partial charge in [0.05, 0.1) is 0 Å². The predicted molar refractivity (Wildman–Crippen MR) is 122 cm³/mol. The van der Waals surface area contributed by atoms with E-state index in [1.54, 1.807) is 29.2 Å². The van der Waals surface area contributed by atoms with Crippen molar-refractivity contribution in [1.82, 2.24) is 9.88 Å². The van der Waals surface area contributed by atoms with E-state index in [1.807, 2.05) is 36.1 Å². The number of amides is 1. The van der Waals surface area contributed by atoms with Gasteiger partial charge in [0, 0.05) is 32.3 Å². The molecule has 0 saturated carbocycles. The summed E-state index contributed by atoms with van der Waals surface area (Å²) < 4.78 is 24.5. The second kappa shape index (κ2) is 10.0. The number of oxazole rings is 1. The lowest BCUT2D eigenvalue weighted by Crippen LogP contribution is -2.50. The summed E-state index contributed by atoms with van der Waals surface area (Å²) in [5, 5.41) is 9.47. The standard InChI is InChI=1S/C25H23FN4O3/c1-18-4-2-3-5-22(18)32-17-24(31)29-12-14-30(15-13-29)25-21(16-27)28-23(33-25)11-8-19-6-9-20(26)10-7-19/h2-11H,12-15,17H2,1H3. The Morgan fingerprint density at radius 2 is 1.88 bits per heavy atom. The molecule has 0 N–H and O–H groups in total. The van der Waals surface area contributed by atoms with Gasteiger partial charge in [0.2, 0.25) is 17.5 Å². The summed E-state index contributed by atoms with van der Waals surface area (Å²) in [6.07, 6.45) is 3.38. The van der Waals surface area contributed by atoms with Crippen molar-refractivity contribution in [2.45, 2.75) is 6.92 Å². The van der Waals surface area contributed by atoms with E-state index in [0.29, 0.717) is 37.8 Å². The minimum absolute atomic E-state index is 0.0189. The highest BCUT2D eigenvalue weighted by Gasteiger charge is 2.26. The van der Waals surface area contributed by atoms with Crippen LogP contribution in [0.2, 0.25) is 0 Å². The van der Waals surface area contributed by atoms with E-state index in [-0.39, 0.29) is 29.9 Å². The van der Waals surface area contributed by atoms with Gasteiger partial charge in [-0.3, -0.25) is 4.79 Å². The third-order valence-corrected chi connectivity index (χ3v) is 5.38. The molecule has 33 heavy (non-hydrogen) atoms. The molecular weight excluding hydrogens is 423 g/mol. The summed E-state index contributed by atoms with van der Waals surface area (Å²) in [5.41, 5.74) is 1.96. The van der Waals surface area contributed by atoms with Crippen LogP contribution in [0.1, 0.15) is 22.7 Å². The zero-order chi connectivity index (χ0) is 23.2. The lowest BCUT2D eigenvalue weighted by atomic mass is 10.2. The molecule has 1 amide bonds. The van der Waals surface area contributed by atoms with E-state index in [1.165, 1.54) is 12.1 Å². The number of nitriles is 1. The van der Waals surface area contributed by atoms with Crippen LogP contribution in [-0.4, -0.2) is 48.6 Å². The molecule has 0 spiro atoms. The Balaban J connectivity index is 1.35. The molecule has 0 bridgehead atoms. The first-order chi connectivity index (χ1) is 16.0. The number of nitrogens with zero attached hydrogens (tertiary/aromatic N) is 4. The Kier molecular flexibility index (Phi) is 6.69. The largest absolute Gasteiger partial charge is 0.484 e. The molecule has 2 heterocycles. The van der Waals surface area contributed by atoms with Gasteiger partial charge < -0.3 is 19.0 Å². The number of benzene rings is 2. The van der Waals surface area contributed by atoms with Crippen LogP contribution in [0.5, 0.6) is 5.75 Å². The first-order valence-corrected chi connectivity index (χ1v) is 10.6. The van der Waals surface area contributed by atoms with Crippen molar-refractivity contribution in [3.05, 3.63) is 77.1 Å². The number of halogens is 1. The number of piperazine rings is 1. The SMILES string of the molecule is Cc1ccccc1OCC(=O)N1CCN(c2oc(C=Cc3ccc(F)cc3)nc2C#N)CC1. The predicted octanol–water partition coefficient (Wildman–Crippen LogP) is 3.89. The number of carbonyl (C=O) groups is 1. The highest BCUT2D eigenvalue weighted by Crippen LogP contribution is 2.24. The molecule has 1 aliphatic rings. The lowest BCUT2D eigenvalue weighted by molar-refractivity contribution is -0.133. The maximum atomic E-state index is 13.0. The third kappa shape index (κ3) is 5.39. The molecule has 1 aliphatic heterocycles. The van der Waals surface area contributed by atoms with Crippen LogP contribution in [0.4, 0.5) is 10.3 Å². The molecule has 8 heteroatoms. The van der Waals surface area contributed by atoms with Crippen molar-refractivity contribution >= 4 is 23.9 Å². The number of para-hydroxylation sites is 1. The highest BCUT2D eigenvalue weighted by molar-refractivity contribution is 5.78. The van der Waals surface area contributed by atoms with Crippen molar-refractivity contribution in [3.63, 3.8) is 0 Å². The third-order valence-electron chi connectivity index (χ3n) is 5.38. The van der Waals surface area contributed by atoms with Crippen molar-refractivity contribution in [2.24, 2.45) is 0 Å². The first kappa shape index (κ1) is 22.1. The van der Waals surface area contributed by atoms with Crippen LogP contribution in [0, 0.1) is 24.1 Å². The molecule has 0 radical (unpaired) electrons. The minimum Gasteiger partial charge on any atom is -0.484 e. The van der Waals surface area contributed by atoms with Gasteiger partial charge >= 0.3 is 0 Å². The van der Waals surface area contributed by atoms with E-state index in [2.05, 4.69) is 11.1 Å². The highest BCUT2D eigenvalue weighted by atomic mass is 19.1. The van der Waals surface area contributed by atoms with Gasteiger partial charge in [-0.05, 0) is 42.3 Å². The Morgan fingerprint density at radius 3 is 2.58 bits per heavy atom. The summed E-state index contributed by atoms with van der Waals surface area (Å²) in [6.45, 7) is 3.92. The van der Waals surface area contributed by atoms with Gasteiger partial charge in [0.1, 0.15) is 17.6 Å². The molecule has 0 aliphatic carbocycles. The number of ether oxygens (including phenoxy) is 1. The molecule has 1 aromatic heterocycles. The number of aryl methyl sites for hydroxylation is 1. The lowest BCUT2D eigenvalue weighted by Gasteiger charge is -2.34. The number of hydrogen-bond acceptors (Lipinski definition) is 6. The summed E-state index contributed by atoms with van der Waals surface area (Å²) in [6, 6.07) is 15.7. The molecule has 0 unspecified atom stereocenters. The molecule has 1 saturated heterocycles. The van der Waals surface area contributed by atoms with Crippen molar-refractivity contribution in [3.8, 4) is 11.8 Å². The second-order valence-electron chi connectivity index (χ2n) is 7.62. The molecule has 1 fully saturated rings. The number of aromatic nitrogens is 1. The van der Waals surface area contributed by atoms with E-state index in [9.17, 15) is 14.4 Å². The zero-order valence-corrected chi connectivity index (χ0v) is 18.2. The quantitative estimate of drug-likeness (QED) is 0.571. The van der Waals surface area contributed by atoms with Gasteiger partial charge in [-0.25, -0.2) is 4.39 Å². The molecule has 7 nitrogen and oxygen atoms in total. The van der Waals surface area contributed by atoms with Gasteiger partial charge in [0.25, 0.3) is 5.91 Å². The summed E-state index contributed by atoms with van der Waals surface area (Å²) >= 11 is 0. The van der Waals surface area contributed by atoms with Crippen molar-refractivity contribution in [2.75, 3.05) is 37.7 Å². The summed E-state index contributed by atoms with van der Waals surface area (Å²) in [4.78, 5) is 20.4. The topological polar surface area (TPSA) is 82.6 Å². The minimum atomic E-state index is -0.309. The smallest absolute Gasteiger partial charge is 0.260 e. The van der Waals surface area contributed by atoms with Gasteiger partial charge in [-0.2, -0.15) is 10.2 Å². The van der Waals surface area contributed by atoms with Crippen LogP contribution in [0.3, 0.4) is 0 Å². The fourth-order valence-corrected chi connectivity index (χ4v) is 3.54. The van der Waals surface area contributed by atoms with Crippen LogP contribution < -0.4 is 9.64 Å². The Bertz CT molecular complexity index is 1190. The van der Waals surface area contributed by atoms with E-state index in [4.69, 9.17) is 9.15 Å². The fraction of sp³-hybridized carbons (Fsp3) is 0.240. The molecule has 4 rings (SSSR count). The monoisotopic (exact) mass is 446 g/mol. The fourth-order valence-electron chi connectivity index (χ4n) is 3.54. The number of rotatable bonds is 6. The number of carbonyl (C=O) groups excluding carboxylic acids is 1. The maximum Gasteiger partial charge on any atom is 0.260 e. The van der Waals surface area contributed by atoms with Crippen LogP contribution in [-0.2, 0) is 4.79 Å².